The summed E-state index contributed by atoms with van der Waals surface area (Å²) >= 11 is 0. The number of rotatable bonds is 11. The van der Waals surface area contributed by atoms with Crippen molar-refractivity contribution in [1.29, 1.82) is 0 Å². The van der Waals surface area contributed by atoms with Crippen molar-refractivity contribution in [1.82, 2.24) is 9.97 Å². The van der Waals surface area contributed by atoms with Crippen molar-refractivity contribution >= 4 is 39.1 Å². The van der Waals surface area contributed by atoms with Crippen molar-refractivity contribution in [2.45, 2.75) is 31.8 Å². The lowest BCUT2D eigenvalue weighted by molar-refractivity contribution is -0.135. The van der Waals surface area contributed by atoms with Crippen LogP contribution >= 0.6 is 0 Å². The number of aliphatic hydroxyl groups is 2. The number of nitrogens with zero attached hydrogens (tertiary/aromatic N) is 3. The second kappa shape index (κ2) is 11.3. The average molecular weight is 516 g/mol. The van der Waals surface area contributed by atoms with E-state index in [9.17, 15) is 23.4 Å². The highest BCUT2D eigenvalue weighted by atomic mass is 32.2. The normalized spacial score (nSPS) is 12.1. The van der Waals surface area contributed by atoms with Crippen LogP contribution in [0.15, 0.2) is 53.6 Å². The zero-order valence-corrected chi connectivity index (χ0v) is 21.0. The predicted octanol–water partition coefficient (Wildman–Crippen LogP) is 2.19. The van der Waals surface area contributed by atoms with E-state index in [0.717, 1.165) is 9.87 Å². The maximum absolute atomic E-state index is 13.6. The number of carbonyl (C=O) groups is 1. The molecule has 3 rings (SSSR count). The standard InChI is InChI=1S/C24H29N5O6S/c1-15-10-16(2)23(17(3)11-15)36(34,35)29(13-22(32)33)19-6-4-18(5-7-19)27-21-8-9-25-24(28-21)26-12-20(31)14-30/h4-11,20,30-31H,12-14H2,1-3H3,(H,32,33)(H2,25,26,27,28). The smallest absolute Gasteiger partial charge is 0.324 e. The molecule has 0 saturated heterocycles. The number of benzene rings is 2. The Morgan fingerprint density at radius 2 is 1.72 bits per heavy atom. The van der Waals surface area contributed by atoms with Gasteiger partial charge in [0.15, 0.2) is 0 Å². The summed E-state index contributed by atoms with van der Waals surface area (Å²) in [7, 11) is -4.16. The Labute approximate surface area is 209 Å². The van der Waals surface area contributed by atoms with Crippen molar-refractivity contribution in [3.8, 4) is 0 Å². The van der Waals surface area contributed by atoms with Crippen molar-refractivity contribution in [2.24, 2.45) is 0 Å². The van der Waals surface area contributed by atoms with Crippen LogP contribution in [0.3, 0.4) is 0 Å². The quantitative estimate of drug-likeness (QED) is 0.256. The van der Waals surface area contributed by atoms with Crippen LogP contribution in [0.5, 0.6) is 0 Å². The van der Waals surface area contributed by atoms with E-state index in [1.54, 1.807) is 44.2 Å². The van der Waals surface area contributed by atoms with Crippen molar-refractivity contribution in [2.75, 3.05) is 34.6 Å². The van der Waals surface area contributed by atoms with E-state index >= 15 is 0 Å². The molecule has 12 heteroatoms. The molecule has 11 nitrogen and oxygen atoms in total. The average Bonchev–Trinajstić information content (AvgIpc) is 2.81. The first-order valence-corrected chi connectivity index (χ1v) is 12.5. The number of aliphatic hydroxyl groups excluding tert-OH is 2. The fourth-order valence-corrected chi connectivity index (χ4v) is 5.60. The largest absolute Gasteiger partial charge is 0.480 e. The molecular formula is C24H29N5O6S. The highest BCUT2D eigenvalue weighted by Crippen LogP contribution is 2.30. The van der Waals surface area contributed by atoms with E-state index in [-0.39, 0.29) is 23.1 Å². The van der Waals surface area contributed by atoms with E-state index in [2.05, 4.69) is 20.6 Å². The van der Waals surface area contributed by atoms with Gasteiger partial charge in [-0.15, -0.1) is 0 Å². The van der Waals surface area contributed by atoms with E-state index in [4.69, 9.17) is 5.11 Å². The molecule has 192 valence electrons. The number of aryl methyl sites for hydroxylation is 3. The lowest BCUT2D eigenvalue weighted by atomic mass is 10.1. The Kier molecular flexibility index (Phi) is 8.45. The van der Waals surface area contributed by atoms with Gasteiger partial charge in [-0.2, -0.15) is 4.98 Å². The van der Waals surface area contributed by atoms with Gasteiger partial charge in [-0.1, -0.05) is 17.7 Å². The second-order valence-corrected chi connectivity index (χ2v) is 10.1. The lowest BCUT2D eigenvalue weighted by Gasteiger charge is -2.25. The molecule has 0 aliphatic heterocycles. The number of hydrogen-bond acceptors (Lipinski definition) is 9. The van der Waals surface area contributed by atoms with Gasteiger partial charge in [0, 0.05) is 18.4 Å². The van der Waals surface area contributed by atoms with Gasteiger partial charge in [0.1, 0.15) is 12.4 Å². The highest BCUT2D eigenvalue weighted by Gasteiger charge is 2.30. The predicted molar refractivity (Wildman–Crippen MR) is 136 cm³/mol. The Morgan fingerprint density at radius 1 is 1.08 bits per heavy atom. The molecule has 0 radical (unpaired) electrons. The third-order valence-electron chi connectivity index (χ3n) is 5.22. The maximum atomic E-state index is 13.6. The third-order valence-corrected chi connectivity index (χ3v) is 7.30. The lowest BCUT2D eigenvalue weighted by Crippen LogP contribution is -2.36. The first-order valence-electron chi connectivity index (χ1n) is 11.1. The van der Waals surface area contributed by atoms with Gasteiger partial charge in [-0.3, -0.25) is 9.10 Å². The molecule has 2 aromatic carbocycles. The molecule has 1 atom stereocenters. The maximum Gasteiger partial charge on any atom is 0.324 e. The van der Waals surface area contributed by atoms with Gasteiger partial charge < -0.3 is 26.0 Å². The number of carboxylic acid groups (broad SMARTS) is 1. The van der Waals surface area contributed by atoms with Crippen LogP contribution in [-0.4, -0.2) is 65.5 Å². The highest BCUT2D eigenvalue weighted by molar-refractivity contribution is 7.93. The topological polar surface area (TPSA) is 165 Å². The first kappa shape index (κ1) is 26.9. The zero-order chi connectivity index (χ0) is 26.5. The summed E-state index contributed by atoms with van der Waals surface area (Å²) in [4.78, 5) is 20.0. The number of nitrogens with one attached hydrogen (secondary N) is 2. The van der Waals surface area contributed by atoms with Crippen LogP contribution in [-0.2, 0) is 14.8 Å². The van der Waals surface area contributed by atoms with Crippen LogP contribution in [0.1, 0.15) is 16.7 Å². The van der Waals surface area contributed by atoms with Crippen LogP contribution < -0.4 is 14.9 Å². The van der Waals surface area contributed by atoms with Gasteiger partial charge in [0.05, 0.1) is 23.3 Å². The summed E-state index contributed by atoms with van der Waals surface area (Å²) in [6.45, 7) is 4.19. The minimum absolute atomic E-state index is 0.0719. The molecule has 0 fully saturated rings. The number of sulfonamides is 1. The van der Waals surface area contributed by atoms with Crippen molar-refractivity contribution in [3.05, 3.63) is 65.4 Å². The number of anilines is 4. The molecule has 0 spiro atoms. The summed E-state index contributed by atoms with van der Waals surface area (Å²) in [6, 6.07) is 11.4. The van der Waals surface area contributed by atoms with Gasteiger partial charge in [0.25, 0.3) is 10.0 Å². The van der Waals surface area contributed by atoms with Gasteiger partial charge in [-0.05, 0) is 62.2 Å². The number of aromatic nitrogens is 2. The van der Waals surface area contributed by atoms with Crippen LogP contribution in [0.4, 0.5) is 23.1 Å². The molecule has 1 aromatic heterocycles. The van der Waals surface area contributed by atoms with Crippen LogP contribution in [0, 0.1) is 20.8 Å². The van der Waals surface area contributed by atoms with Crippen LogP contribution in [0.2, 0.25) is 0 Å². The summed E-state index contributed by atoms with van der Waals surface area (Å²) in [6.07, 6.45) is 0.556. The van der Waals surface area contributed by atoms with Gasteiger partial charge >= 0.3 is 5.97 Å². The molecule has 5 N–H and O–H groups in total. The molecular weight excluding hydrogens is 486 g/mol. The first-order chi connectivity index (χ1) is 17.0. The fraction of sp³-hybridized carbons (Fsp3) is 0.292. The summed E-state index contributed by atoms with van der Waals surface area (Å²) in [5.41, 5.74) is 2.78. The molecule has 36 heavy (non-hydrogen) atoms. The Morgan fingerprint density at radius 3 is 2.31 bits per heavy atom. The fourth-order valence-electron chi connectivity index (χ4n) is 3.77. The number of carboxylic acids is 1. The molecule has 0 amide bonds. The Bertz CT molecular complexity index is 1310. The summed E-state index contributed by atoms with van der Waals surface area (Å²) < 4.78 is 28.0. The molecule has 3 aromatic rings. The van der Waals surface area contributed by atoms with E-state index in [0.29, 0.717) is 22.6 Å². The summed E-state index contributed by atoms with van der Waals surface area (Å²) in [5.74, 6) is -0.609. The minimum Gasteiger partial charge on any atom is -0.480 e. The monoisotopic (exact) mass is 515 g/mol. The molecule has 0 aliphatic carbocycles. The molecule has 1 unspecified atom stereocenters. The van der Waals surface area contributed by atoms with Gasteiger partial charge in [0.2, 0.25) is 5.95 Å². The van der Waals surface area contributed by atoms with E-state index < -0.39 is 35.2 Å². The zero-order valence-electron chi connectivity index (χ0n) is 20.1. The molecule has 1 heterocycles. The SMILES string of the molecule is Cc1cc(C)c(S(=O)(=O)N(CC(=O)O)c2ccc(Nc3ccnc(NCC(O)CO)n3)cc2)c(C)c1. The van der Waals surface area contributed by atoms with Gasteiger partial charge in [-0.25, -0.2) is 13.4 Å². The summed E-state index contributed by atoms with van der Waals surface area (Å²) in [5, 5.41) is 33.7. The van der Waals surface area contributed by atoms with E-state index in [1.807, 2.05) is 6.92 Å². The molecule has 0 bridgehead atoms. The molecule has 0 aliphatic rings. The Balaban J connectivity index is 1.86. The van der Waals surface area contributed by atoms with E-state index in [1.165, 1.54) is 18.3 Å². The number of hydrogen-bond donors (Lipinski definition) is 5. The minimum atomic E-state index is -4.16. The van der Waals surface area contributed by atoms with Crippen molar-refractivity contribution < 1.29 is 28.5 Å². The second-order valence-electron chi connectivity index (χ2n) is 8.29. The van der Waals surface area contributed by atoms with Crippen molar-refractivity contribution in [3.63, 3.8) is 0 Å². The Hall–Kier alpha value is -3.74. The van der Waals surface area contributed by atoms with Crippen LogP contribution in [0.25, 0.3) is 0 Å². The molecule has 0 saturated carbocycles. The third kappa shape index (κ3) is 6.47. The number of aliphatic carboxylic acids is 1.